The summed E-state index contributed by atoms with van der Waals surface area (Å²) in [4.78, 5) is 10.6. The van der Waals surface area contributed by atoms with Crippen LogP contribution in [-0.4, -0.2) is 29.1 Å². The molecule has 0 aliphatic carbocycles. The highest BCUT2D eigenvalue weighted by Crippen LogP contribution is 2.27. The summed E-state index contributed by atoms with van der Waals surface area (Å²) < 4.78 is 0. The Morgan fingerprint density at radius 1 is 1.30 bits per heavy atom. The second kappa shape index (κ2) is 5.27. The lowest BCUT2D eigenvalue weighted by atomic mass is 10.1. The minimum atomic E-state index is 0.193. The van der Waals surface area contributed by atoms with Gasteiger partial charge in [0.15, 0.2) is 5.82 Å². The van der Waals surface area contributed by atoms with E-state index in [4.69, 9.17) is 5.73 Å². The fourth-order valence-corrected chi connectivity index (χ4v) is 2.49. The Kier molecular flexibility index (Phi) is 3.32. The van der Waals surface area contributed by atoms with Crippen LogP contribution >= 0.6 is 0 Å². The molecular weight excluding hydrogens is 250 g/mol. The van der Waals surface area contributed by atoms with Crippen LogP contribution in [0.25, 0.3) is 11.4 Å². The van der Waals surface area contributed by atoms with Gasteiger partial charge in [0.25, 0.3) is 0 Å². The normalized spacial score (nSPS) is 18.0. The molecule has 2 N–H and O–H groups in total. The molecule has 1 unspecified atom stereocenters. The lowest BCUT2D eigenvalue weighted by Crippen LogP contribution is -2.26. The summed E-state index contributed by atoms with van der Waals surface area (Å²) in [7, 11) is 0. The molecule has 1 aliphatic heterocycles. The SMILES string of the molecule is N#Cc1cc(-c2ncccn2)ccc1N1CCC(N)C1. The van der Waals surface area contributed by atoms with Crippen LogP contribution in [0.2, 0.25) is 0 Å². The summed E-state index contributed by atoms with van der Waals surface area (Å²) in [6, 6.07) is 9.98. The van der Waals surface area contributed by atoms with Crippen molar-refractivity contribution in [3.05, 3.63) is 42.2 Å². The standard InChI is InChI=1S/C15H15N5/c16-9-12-8-11(15-18-5-1-6-19-15)2-3-14(12)20-7-4-13(17)10-20/h1-3,5-6,8,13H,4,7,10,17H2. The first-order valence-corrected chi connectivity index (χ1v) is 6.60. The van der Waals surface area contributed by atoms with Gasteiger partial charge >= 0.3 is 0 Å². The molecule has 20 heavy (non-hydrogen) atoms. The van der Waals surface area contributed by atoms with Crippen LogP contribution in [0.15, 0.2) is 36.7 Å². The largest absolute Gasteiger partial charge is 0.369 e. The number of anilines is 1. The number of nitrogens with zero attached hydrogens (tertiary/aromatic N) is 4. The summed E-state index contributed by atoms with van der Waals surface area (Å²) in [6.07, 6.45) is 4.36. The van der Waals surface area contributed by atoms with E-state index in [0.29, 0.717) is 11.4 Å². The van der Waals surface area contributed by atoms with Gasteiger partial charge in [0, 0.05) is 37.1 Å². The monoisotopic (exact) mass is 265 g/mol. The van der Waals surface area contributed by atoms with Gasteiger partial charge in [-0.05, 0) is 30.7 Å². The molecule has 0 spiro atoms. The average molecular weight is 265 g/mol. The third-order valence-corrected chi connectivity index (χ3v) is 3.51. The minimum Gasteiger partial charge on any atom is -0.369 e. The molecular formula is C15H15N5. The number of aromatic nitrogens is 2. The predicted octanol–water partition coefficient (Wildman–Crippen LogP) is 1.55. The van der Waals surface area contributed by atoms with Crippen LogP contribution in [-0.2, 0) is 0 Å². The van der Waals surface area contributed by atoms with Gasteiger partial charge in [-0.2, -0.15) is 5.26 Å². The zero-order valence-corrected chi connectivity index (χ0v) is 11.0. The van der Waals surface area contributed by atoms with E-state index < -0.39 is 0 Å². The topological polar surface area (TPSA) is 78.8 Å². The van der Waals surface area contributed by atoms with Crippen LogP contribution in [0.5, 0.6) is 0 Å². The Labute approximate surface area is 117 Å². The molecule has 0 saturated carbocycles. The molecule has 1 aliphatic rings. The van der Waals surface area contributed by atoms with Crippen molar-refractivity contribution in [1.82, 2.24) is 9.97 Å². The van der Waals surface area contributed by atoms with Crippen molar-refractivity contribution in [2.75, 3.05) is 18.0 Å². The van der Waals surface area contributed by atoms with E-state index >= 15 is 0 Å². The Morgan fingerprint density at radius 3 is 2.75 bits per heavy atom. The highest BCUT2D eigenvalue weighted by Gasteiger charge is 2.21. The lowest BCUT2D eigenvalue weighted by molar-refractivity contribution is 0.752. The van der Waals surface area contributed by atoms with E-state index in [9.17, 15) is 5.26 Å². The zero-order valence-electron chi connectivity index (χ0n) is 11.0. The van der Waals surface area contributed by atoms with E-state index in [1.807, 2.05) is 18.2 Å². The van der Waals surface area contributed by atoms with Crippen LogP contribution in [0, 0.1) is 11.3 Å². The van der Waals surface area contributed by atoms with Crippen LogP contribution < -0.4 is 10.6 Å². The number of benzene rings is 1. The zero-order chi connectivity index (χ0) is 13.9. The molecule has 1 fully saturated rings. The van der Waals surface area contributed by atoms with Gasteiger partial charge in [-0.15, -0.1) is 0 Å². The summed E-state index contributed by atoms with van der Waals surface area (Å²) in [6.45, 7) is 1.70. The number of hydrogen-bond acceptors (Lipinski definition) is 5. The van der Waals surface area contributed by atoms with Gasteiger partial charge in [-0.1, -0.05) is 0 Å². The molecule has 100 valence electrons. The highest BCUT2D eigenvalue weighted by molar-refractivity contribution is 5.68. The summed E-state index contributed by atoms with van der Waals surface area (Å²) in [5.74, 6) is 0.633. The summed E-state index contributed by atoms with van der Waals surface area (Å²) in [5, 5.41) is 9.37. The Balaban J connectivity index is 1.97. The van der Waals surface area contributed by atoms with Crippen LogP contribution in [0.3, 0.4) is 0 Å². The number of rotatable bonds is 2. The number of hydrogen-bond donors (Lipinski definition) is 1. The molecule has 0 radical (unpaired) electrons. The van der Waals surface area contributed by atoms with Crippen molar-refractivity contribution in [1.29, 1.82) is 5.26 Å². The van der Waals surface area contributed by atoms with E-state index in [1.54, 1.807) is 18.5 Å². The minimum absolute atomic E-state index is 0.193. The summed E-state index contributed by atoms with van der Waals surface area (Å²) >= 11 is 0. The first kappa shape index (κ1) is 12.6. The maximum absolute atomic E-state index is 9.37. The molecule has 5 heteroatoms. The molecule has 5 nitrogen and oxygen atoms in total. The van der Waals surface area contributed by atoms with Crippen LogP contribution in [0.1, 0.15) is 12.0 Å². The first-order chi connectivity index (χ1) is 9.78. The molecule has 2 heterocycles. The van der Waals surface area contributed by atoms with Crippen molar-refractivity contribution < 1.29 is 0 Å². The molecule has 0 bridgehead atoms. The van der Waals surface area contributed by atoms with Gasteiger partial charge in [0.1, 0.15) is 6.07 Å². The molecule has 0 amide bonds. The van der Waals surface area contributed by atoms with Crippen molar-refractivity contribution in [2.24, 2.45) is 5.73 Å². The van der Waals surface area contributed by atoms with Gasteiger partial charge in [-0.3, -0.25) is 0 Å². The van der Waals surface area contributed by atoms with Crippen molar-refractivity contribution in [3.8, 4) is 17.5 Å². The Bertz CT molecular complexity index is 647. The van der Waals surface area contributed by atoms with Gasteiger partial charge in [-0.25, -0.2) is 9.97 Å². The Morgan fingerprint density at radius 2 is 2.10 bits per heavy atom. The summed E-state index contributed by atoms with van der Waals surface area (Å²) in [5.41, 5.74) is 8.37. The maximum atomic E-state index is 9.37. The average Bonchev–Trinajstić information content (AvgIpc) is 2.94. The Hall–Kier alpha value is -2.45. The number of nitriles is 1. The number of nitrogens with two attached hydrogens (primary N) is 1. The fraction of sp³-hybridized carbons (Fsp3) is 0.267. The van der Waals surface area contributed by atoms with Gasteiger partial charge < -0.3 is 10.6 Å². The predicted molar refractivity (Wildman–Crippen MR) is 77.0 cm³/mol. The van der Waals surface area contributed by atoms with Crippen LogP contribution in [0.4, 0.5) is 5.69 Å². The van der Waals surface area contributed by atoms with E-state index in [0.717, 1.165) is 30.8 Å². The maximum Gasteiger partial charge on any atom is 0.159 e. The quantitative estimate of drug-likeness (QED) is 0.891. The van der Waals surface area contributed by atoms with Gasteiger partial charge in [0.2, 0.25) is 0 Å². The van der Waals surface area contributed by atoms with Crippen molar-refractivity contribution in [2.45, 2.75) is 12.5 Å². The smallest absolute Gasteiger partial charge is 0.159 e. The van der Waals surface area contributed by atoms with E-state index in [2.05, 4.69) is 20.9 Å². The van der Waals surface area contributed by atoms with E-state index in [1.165, 1.54) is 0 Å². The molecule has 1 saturated heterocycles. The third-order valence-electron chi connectivity index (χ3n) is 3.51. The second-order valence-corrected chi connectivity index (χ2v) is 4.91. The second-order valence-electron chi connectivity index (χ2n) is 4.91. The van der Waals surface area contributed by atoms with E-state index in [-0.39, 0.29) is 6.04 Å². The first-order valence-electron chi connectivity index (χ1n) is 6.60. The third kappa shape index (κ3) is 2.33. The van der Waals surface area contributed by atoms with Gasteiger partial charge in [0.05, 0.1) is 11.3 Å². The van der Waals surface area contributed by atoms with Crippen molar-refractivity contribution in [3.63, 3.8) is 0 Å². The molecule has 1 aromatic carbocycles. The molecule has 1 atom stereocenters. The molecule has 3 rings (SSSR count). The molecule has 2 aromatic rings. The molecule has 1 aromatic heterocycles. The highest BCUT2D eigenvalue weighted by atomic mass is 15.2. The lowest BCUT2D eigenvalue weighted by Gasteiger charge is -2.19. The fourth-order valence-electron chi connectivity index (χ4n) is 2.49. The van der Waals surface area contributed by atoms with Crippen molar-refractivity contribution >= 4 is 5.69 Å².